The summed E-state index contributed by atoms with van der Waals surface area (Å²) in [7, 11) is 4.80. The molecular formula is C25H29N5O6S2. The number of nitrogens with one attached hydrogen (secondary N) is 2. The van der Waals surface area contributed by atoms with E-state index in [0.717, 1.165) is 43.1 Å². The third-order valence-corrected chi connectivity index (χ3v) is 8.46. The van der Waals surface area contributed by atoms with Crippen LogP contribution in [0.3, 0.4) is 0 Å². The molecule has 0 bridgehead atoms. The minimum atomic E-state index is -0.356. The Morgan fingerprint density at radius 1 is 1.16 bits per heavy atom. The molecule has 2 N–H and O–H groups in total. The number of thiazole rings is 1. The quantitative estimate of drug-likeness (QED) is 0.297. The fourth-order valence-electron chi connectivity index (χ4n) is 4.56. The van der Waals surface area contributed by atoms with Crippen molar-refractivity contribution in [3.05, 3.63) is 38.6 Å². The van der Waals surface area contributed by atoms with Gasteiger partial charge < -0.3 is 34.1 Å². The number of aryl methyl sites for hydroxylation is 1. The first-order valence-electron chi connectivity index (χ1n) is 12.2. The highest BCUT2D eigenvalue weighted by atomic mass is 32.1. The van der Waals surface area contributed by atoms with Gasteiger partial charge in [-0.05, 0) is 24.5 Å². The van der Waals surface area contributed by atoms with Gasteiger partial charge in [-0.3, -0.25) is 4.79 Å². The van der Waals surface area contributed by atoms with Gasteiger partial charge in [0.2, 0.25) is 0 Å². The third-order valence-electron chi connectivity index (χ3n) is 6.45. The number of ether oxygens (including phenoxy) is 4. The number of rotatable bonds is 10. The van der Waals surface area contributed by atoms with E-state index in [2.05, 4.69) is 20.3 Å². The molecule has 0 saturated carbocycles. The summed E-state index contributed by atoms with van der Waals surface area (Å²) in [6.07, 6.45) is 3.02. The van der Waals surface area contributed by atoms with Gasteiger partial charge >= 0.3 is 11.0 Å². The predicted molar refractivity (Wildman–Crippen MR) is 147 cm³/mol. The first-order valence-corrected chi connectivity index (χ1v) is 13.8. The molecule has 1 atom stereocenters. The predicted octanol–water partition coefficient (Wildman–Crippen LogP) is 3.94. The maximum atomic E-state index is 12.9. The maximum Gasteiger partial charge on any atom is 0.410 e. The number of aromatic amines is 1. The smallest absolute Gasteiger partial charge is 0.410 e. The number of hydrogen-bond acceptors (Lipinski definition) is 11. The Hall–Kier alpha value is -3.26. The van der Waals surface area contributed by atoms with Crippen LogP contribution < -0.4 is 14.9 Å². The van der Waals surface area contributed by atoms with Crippen molar-refractivity contribution in [2.24, 2.45) is 0 Å². The molecule has 202 valence electrons. The molecule has 3 heterocycles. The molecule has 1 aliphatic carbocycles. The molecule has 1 amide bonds. The number of methoxy groups -OCH3 is 3. The minimum Gasteiger partial charge on any atom is -0.494 e. The van der Waals surface area contributed by atoms with E-state index in [1.165, 1.54) is 11.9 Å². The molecule has 5 rings (SSSR count). The van der Waals surface area contributed by atoms with Crippen molar-refractivity contribution >= 4 is 60.7 Å². The summed E-state index contributed by atoms with van der Waals surface area (Å²) in [5, 5.41) is 4.37. The van der Waals surface area contributed by atoms with Crippen LogP contribution in [0.4, 0.5) is 16.3 Å². The van der Waals surface area contributed by atoms with Crippen LogP contribution in [-0.4, -0.2) is 79.7 Å². The molecule has 11 nitrogen and oxygen atoms in total. The van der Waals surface area contributed by atoms with Crippen molar-refractivity contribution in [2.45, 2.75) is 25.4 Å². The van der Waals surface area contributed by atoms with Gasteiger partial charge in [0.1, 0.15) is 28.8 Å². The number of hydrogen-bond donors (Lipinski definition) is 2. The van der Waals surface area contributed by atoms with Gasteiger partial charge in [0.15, 0.2) is 0 Å². The van der Waals surface area contributed by atoms with Crippen molar-refractivity contribution in [3.8, 4) is 5.75 Å². The Morgan fingerprint density at radius 3 is 2.68 bits per heavy atom. The summed E-state index contributed by atoms with van der Waals surface area (Å²) in [5.41, 5.74) is 2.61. The van der Waals surface area contributed by atoms with Crippen LogP contribution in [0.5, 0.6) is 5.75 Å². The summed E-state index contributed by atoms with van der Waals surface area (Å²) in [5.74, 6) is 1.27. The van der Waals surface area contributed by atoms with Gasteiger partial charge in [0, 0.05) is 44.7 Å². The zero-order valence-electron chi connectivity index (χ0n) is 21.4. The van der Waals surface area contributed by atoms with Gasteiger partial charge in [-0.25, -0.2) is 14.8 Å². The number of fused-ring (bicyclic) bond motifs is 4. The van der Waals surface area contributed by atoms with E-state index in [0.29, 0.717) is 56.4 Å². The fraction of sp³-hybridized carbons (Fsp3) is 0.440. The van der Waals surface area contributed by atoms with E-state index in [4.69, 9.17) is 18.9 Å². The average Bonchev–Trinajstić information content (AvgIpc) is 3.47. The highest BCUT2D eigenvalue weighted by molar-refractivity contribution is 7.19. The second kappa shape index (κ2) is 11.6. The lowest BCUT2D eigenvalue weighted by Gasteiger charge is -2.27. The molecule has 1 unspecified atom stereocenters. The Kier molecular flexibility index (Phi) is 8.07. The summed E-state index contributed by atoms with van der Waals surface area (Å²) in [6, 6.07) is 3.69. The number of nitrogens with zero attached hydrogens (tertiary/aromatic N) is 3. The SMILES string of the molecule is COCCN(CCOC)C(=O)OC1CCc2c(sc3ncnc(Nc4cc5sc(=O)[nH]c5cc4OC)c23)C1. The molecular weight excluding hydrogens is 530 g/mol. The van der Waals surface area contributed by atoms with Crippen LogP contribution in [0.2, 0.25) is 0 Å². The summed E-state index contributed by atoms with van der Waals surface area (Å²) in [4.78, 5) is 40.0. The molecule has 1 aliphatic rings. The Morgan fingerprint density at radius 2 is 1.95 bits per heavy atom. The van der Waals surface area contributed by atoms with E-state index in [1.807, 2.05) is 6.07 Å². The standard InChI is InChI=1S/C25H29N5O6S2/c1-33-8-6-30(7-9-34-2)25(32)36-14-4-5-15-19(10-14)37-23-21(15)22(26-13-27-23)28-16-12-20-17(11-18(16)35-3)29-24(31)38-20/h11-14H,4-10H2,1-3H3,(H,29,31)(H,26,27,28). The maximum absolute atomic E-state index is 12.9. The van der Waals surface area contributed by atoms with E-state index < -0.39 is 0 Å². The van der Waals surface area contributed by atoms with Crippen LogP contribution in [0.1, 0.15) is 16.9 Å². The lowest BCUT2D eigenvalue weighted by Crippen LogP contribution is -2.39. The molecule has 0 radical (unpaired) electrons. The number of thiophene rings is 1. The average molecular weight is 560 g/mol. The lowest BCUT2D eigenvalue weighted by atomic mass is 9.94. The van der Waals surface area contributed by atoms with Gasteiger partial charge in [0.25, 0.3) is 0 Å². The lowest BCUT2D eigenvalue weighted by molar-refractivity contribution is 0.0418. The zero-order valence-corrected chi connectivity index (χ0v) is 23.0. The number of carbonyl (C=O) groups excluding carboxylic acids is 1. The Labute approximate surface area is 226 Å². The fourth-order valence-corrected chi connectivity index (χ4v) is 6.57. The van der Waals surface area contributed by atoms with Gasteiger partial charge in [0.05, 0.1) is 41.6 Å². The van der Waals surface area contributed by atoms with E-state index >= 15 is 0 Å². The minimum absolute atomic E-state index is 0.119. The molecule has 0 saturated heterocycles. The molecule has 38 heavy (non-hydrogen) atoms. The van der Waals surface area contributed by atoms with Crippen molar-refractivity contribution in [3.63, 3.8) is 0 Å². The van der Waals surface area contributed by atoms with E-state index in [9.17, 15) is 9.59 Å². The second-order valence-electron chi connectivity index (χ2n) is 8.82. The van der Waals surface area contributed by atoms with Gasteiger partial charge in [-0.15, -0.1) is 11.3 Å². The number of benzene rings is 1. The molecule has 0 fully saturated rings. The highest BCUT2D eigenvalue weighted by Gasteiger charge is 2.29. The van der Waals surface area contributed by atoms with Crippen molar-refractivity contribution in [1.29, 1.82) is 0 Å². The van der Waals surface area contributed by atoms with Crippen LogP contribution in [0.25, 0.3) is 20.4 Å². The first-order chi connectivity index (χ1) is 18.5. The topological polar surface area (TPSA) is 128 Å². The number of carbonyl (C=O) groups is 1. The Balaban J connectivity index is 1.37. The number of anilines is 2. The van der Waals surface area contributed by atoms with Crippen molar-refractivity contribution in [2.75, 3.05) is 52.9 Å². The largest absolute Gasteiger partial charge is 0.494 e. The molecule has 0 spiro atoms. The second-order valence-corrected chi connectivity index (χ2v) is 10.9. The van der Waals surface area contributed by atoms with Crippen LogP contribution in [0.15, 0.2) is 23.3 Å². The van der Waals surface area contributed by atoms with Crippen molar-refractivity contribution in [1.82, 2.24) is 19.9 Å². The van der Waals surface area contributed by atoms with E-state index in [1.54, 1.807) is 43.6 Å². The van der Waals surface area contributed by atoms with Gasteiger partial charge in [-0.1, -0.05) is 11.3 Å². The van der Waals surface area contributed by atoms with Crippen molar-refractivity contribution < 1.29 is 23.7 Å². The molecule has 13 heteroatoms. The number of aromatic nitrogens is 3. The summed E-state index contributed by atoms with van der Waals surface area (Å²) < 4.78 is 22.5. The molecule has 4 aromatic rings. The first kappa shape index (κ1) is 26.4. The number of H-pyrrole nitrogens is 1. The Bertz CT molecular complexity index is 1490. The normalized spacial score (nSPS) is 15.0. The summed E-state index contributed by atoms with van der Waals surface area (Å²) in [6.45, 7) is 1.75. The van der Waals surface area contributed by atoms with Crippen LogP contribution >= 0.6 is 22.7 Å². The monoisotopic (exact) mass is 559 g/mol. The highest BCUT2D eigenvalue weighted by Crippen LogP contribution is 2.41. The third kappa shape index (κ3) is 5.46. The van der Waals surface area contributed by atoms with E-state index in [-0.39, 0.29) is 17.1 Å². The molecule has 0 aliphatic heterocycles. The number of amides is 1. The van der Waals surface area contributed by atoms with Crippen LogP contribution in [0, 0.1) is 0 Å². The summed E-state index contributed by atoms with van der Waals surface area (Å²) >= 11 is 2.74. The molecule has 3 aromatic heterocycles. The van der Waals surface area contributed by atoms with Crippen LogP contribution in [-0.2, 0) is 27.1 Å². The molecule has 1 aromatic carbocycles. The van der Waals surface area contributed by atoms with Gasteiger partial charge in [-0.2, -0.15) is 0 Å². The zero-order chi connectivity index (χ0) is 26.6.